The highest BCUT2D eigenvalue weighted by atomic mass is 32.1. The molecule has 24 heavy (non-hydrogen) atoms. The molecule has 7 nitrogen and oxygen atoms in total. The van der Waals surface area contributed by atoms with Gasteiger partial charge < -0.3 is 19.2 Å². The molecule has 0 atom stereocenters. The van der Waals surface area contributed by atoms with Gasteiger partial charge in [-0.3, -0.25) is 4.79 Å². The molecule has 0 aliphatic carbocycles. The van der Waals surface area contributed by atoms with Gasteiger partial charge in [0.2, 0.25) is 5.89 Å². The van der Waals surface area contributed by atoms with E-state index in [1.165, 1.54) is 25.6 Å². The van der Waals surface area contributed by atoms with Crippen molar-refractivity contribution in [3.63, 3.8) is 0 Å². The number of ether oxygens (including phenoxy) is 2. The van der Waals surface area contributed by atoms with E-state index in [2.05, 4.69) is 15.5 Å². The van der Waals surface area contributed by atoms with Crippen molar-refractivity contribution < 1.29 is 18.7 Å². The molecular weight excluding hydrogens is 330 g/mol. The molecule has 0 spiro atoms. The molecule has 0 aliphatic rings. The molecule has 1 aromatic carbocycles. The van der Waals surface area contributed by atoms with Gasteiger partial charge in [-0.25, -0.2) is 0 Å². The summed E-state index contributed by atoms with van der Waals surface area (Å²) in [5.74, 6) is 1.47. The van der Waals surface area contributed by atoms with Gasteiger partial charge in [0.1, 0.15) is 11.5 Å². The highest BCUT2D eigenvalue weighted by molar-refractivity contribution is 7.13. The minimum absolute atomic E-state index is 0.123. The lowest BCUT2D eigenvalue weighted by Gasteiger charge is -2.10. The van der Waals surface area contributed by atoms with Crippen molar-refractivity contribution in [2.45, 2.75) is 6.54 Å². The van der Waals surface area contributed by atoms with Gasteiger partial charge in [0.25, 0.3) is 11.8 Å². The molecule has 8 heteroatoms. The number of hydrogen-bond donors (Lipinski definition) is 1. The molecule has 2 aromatic heterocycles. The standard InChI is InChI=1S/C16H15N3O4S/c1-21-10-5-6-12(22-2)11(8-10)15(20)17-9-14-18-19-16(23-14)13-4-3-7-24-13/h3-8H,9H2,1-2H3,(H,17,20). The first kappa shape index (κ1) is 16.0. The average Bonchev–Trinajstić information content (AvgIpc) is 3.30. The van der Waals surface area contributed by atoms with Crippen LogP contribution in [0.2, 0.25) is 0 Å². The number of hydrogen-bond acceptors (Lipinski definition) is 7. The lowest BCUT2D eigenvalue weighted by molar-refractivity contribution is 0.0944. The summed E-state index contributed by atoms with van der Waals surface area (Å²) in [5, 5.41) is 12.6. The summed E-state index contributed by atoms with van der Waals surface area (Å²) in [6.45, 7) is 0.123. The summed E-state index contributed by atoms with van der Waals surface area (Å²) in [6.07, 6.45) is 0. The van der Waals surface area contributed by atoms with Crippen molar-refractivity contribution in [1.29, 1.82) is 0 Å². The van der Waals surface area contributed by atoms with Gasteiger partial charge in [-0.15, -0.1) is 21.5 Å². The normalized spacial score (nSPS) is 10.4. The van der Waals surface area contributed by atoms with E-state index in [0.29, 0.717) is 28.8 Å². The molecule has 0 saturated heterocycles. The minimum Gasteiger partial charge on any atom is -0.497 e. The third-order valence-electron chi connectivity index (χ3n) is 3.25. The average molecular weight is 345 g/mol. The van der Waals surface area contributed by atoms with E-state index in [4.69, 9.17) is 13.9 Å². The number of carbonyl (C=O) groups is 1. The van der Waals surface area contributed by atoms with Gasteiger partial charge >= 0.3 is 0 Å². The highest BCUT2D eigenvalue weighted by Gasteiger charge is 2.15. The van der Waals surface area contributed by atoms with Crippen LogP contribution in [0.25, 0.3) is 10.8 Å². The number of amides is 1. The van der Waals surface area contributed by atoms with Crippen molar-refractivity contribution >= 4 is 17.2 Å². The first-order chi connectivity index (χ1) is 11.7. The SMILES string of the molecule is COc1ccc(OC)c(C(=O)NCc2nnc(-c3cccs3)o2)c1. The summed E-state index contributed by atoms with van der Waals surface area (Å²) in [7, 11) is 3.04. The predicted molar refractivity (Wildman–Crippen MR) is 88.3 cm³/mol. The summed E-state index contributed by atoms with van der Waals surface area (Å²) >= 11 is 1.51. The lowest BCUT2D eigenvalue weighted by Crippen LogP contribution is -2.23. The van der Waals surface area contributed by atoms with Gasteiger partial charge in [-0.2, -0.15) is 0 Å². The molecule has 0 fully saturated rings. The summed E-state index contributed by atoms with van der Waals surface area (Å²) in [4.78, 5) is 13.3. The Hall–Kier alpha value is -2.87. The van der Waals surface area contributed by atoms with E-state index < -0.39 is 0 Å². The fourth-order valence-electron chi connectivity index (χ4n) is 2.07. The van der Waals surface area contributed by atoms with Gasteiger partial charge in [-0.05, 0) is 29.6 Å². The molecule has 0 aliphatic heterocycles. The Balaban J connectivity index is 1.70. The first-order valence-electron chi connectivity index (χ1n) is 7.07. The number of benzene rings is 1. The molecular formula is C16H15N3O4S. The summed E-state index contributed by atoms with van der Waals surface area (Å²) in [5.41, 5.74) is 0.370. The van der Waals surface area contributed by atoms with Gasteiger partial charge in [-0.1, -0.05) is 6.07 Å². The Labute approximate surface area is 142 Å². The molecule has 0 unspecified atom stereocenters. The number of aromatic nitrogens is 2. The quantitative estimate of drug-likeness (QED) is 0.739. The minimum atomic E-state index is -0.318. The van der Waals surface area contributed by atoms with E-state index in [0.717, 1.165) is 4.88 Å². The number of thiophene rings is 1. The number of rotatable bonds is 6. The molecule has 3 rings (SSSR count). The van der Waals surface area contributed by atoms with Crippen molar-refractivity contribution in [3.05, 3.63) is 47.2 Å². The van der Waals surface area contributed by atoms with Crippen molar-refractivity contribution in [1.82, 2.24) is 15.5 Å². The molecule has 1 N–H and O–H groups in total. The molecule has 1 amide bonds. The van der Waals surface area contributed by atoms with Crippen molar-refractivity contribution in [3.8, 4) is 22.3 Å². The molecule has 0 bridgehead atoms. The Kier molecular flexibility index (Phi) is 4.76. The van der Waals surface area contributed by atoms with Gasteiger partial charge in [0.05, 0.1) is 31.2 Å². The van der Waals surface area contributed by atoms with E-state index in [1.807, 2.05) is 17.5 Å². The van der Waals surface area contributed by atoms with E-state index >= 15 is 0 Å². The lowest BCUT2D eigenvalue weighted by atomic mass is 10.1. The van der Waals surface area contributed by atoms with E-state index in [-0.39, 0.29) is 12.5 Å². The first-order valence-corrected chi connectivity index (χ1v) is 7.95. The zero-order valence-electron chi connectivity index (χ0n) is 13.1. The maximum atomic E-state index is 12.4. The van der Waals surface area contributed by atoms with Crippen LogP contribution < -0.4 is 14.8 Å². The van der Waals surface area contributed by atoms with Gasteiger partial charge in [0.15, 0.2) is 0 Å². The van der Waals surface area contributed by atoms with Crippen LogP contribution in [0, 0.1) is 0 Å². The van der Waals surface area contributed by atoms with Crippen LogP contribution >= 0.6 is 11.3 Å². The maximum Gasteiger partial charge on any atom is 0.257 e. The third kappa shape index (κ3) is 3.38. The topological polar surface area (TPSA) is 86.5 Å². The second kappa shape index (κ2) is 7.14. The monoisotopic (exact) mass is 345 g/mol. The number of nitrogens with one attached hydrogen (secondary N) is 1. The van der Waals surface area contributed by atoms with Gasteiger partial charge in [0, 0.05) is 0 Å². The van der Waals surface area contributed by atoms with Crippen LogP contribution in [0.3, 0.4) is 0 Å². The molecule has 2 heterocycles. The molecule has 0 saturated carbocycles. The van der Waals surface area contributed by atoms with E-state index in [1.54, 1.807) is 18.2 Å². The molecule has 0 radical (unpaired) electrons. The number of nitrogens with zero attached hydrogens (tertiary/aromatic N) is 2. The van der Waals surface area contributed by atoms with Crippen LogP contribution in [-0.4, -0.2) is 30.3 Å². The highest BCUT2D eigenvalue weighted by Crippen LogP contribution is 2.25. The van der Waals surface area contributed by atoms with E-state index in [9.17, 15) is 4.79 Å². The van der Waals surface area contributed by atoms with Crippen molar-refractivity contribution in [2.24, 2.45) is 0 Å². The predicted octanol–water partition coefficient (Wildman–Crippen LogP) is 2.75. The van der Waals surface area contributed by atoms with Crippen molar-refractivity contribution in [2.75, 3.05) is 14.2 Å². The van der Waals surface area contributed by atoms with Crippen LogP contribution in [0.5, 0.6) is 11.5 Å². The number of methoxy groups -OCH3 is 2. The molecule has 124 valence electrons. The summed E-state index contributed by atoms with van der Waals surface area (Å²) in [6, 6.07) is 8.80. The Morgan fingerprint density at radius 2 is 2.12 bits per heavy atom. The smallest absolute Gasteiger partial charge is 0.257 e. The van der Waals surface area contributed by atoms with Crippen LogP contribution in [0.15, 0.2) is 40.1 Å². The van der Waals surface area contributed by atoms with Crippen LogP contribution in [0.1, 0.15) is 16.2 Å². The third-order valence-corrected chi connectivity index (χ3v) is 4.11. The zero-order chi connectivity index (χ0) is 16.9. The fourth-order valence-corrected chi connectivity index (χ4v) is 2.71. The second-order valence-electron chi connectivity index (χ2n) is 4.73. The Morgan fingerprint density at radius 1 is 1.25 bits per heavy atom. The maximum absolute atomic E-state index is 12.4. The fraction of sp³-hybridized carbons (Fsp3) is 0.188. The number of carbonyl (C=O) groups excluding carboxylic acids is 1. The largest absolute Gasteiger partial charge is 0.497 e. The Morgan fingerprint density at radius 3 is 2.83 bits per heavy atom. The van der Waals surface area contributed by atoms with Crippen LogP contribution in [-0.2, 0) is 6.54 Å². The Bertz CT molecular complexity index is 830. The molecule has 3 aromatic rings. The second-order valence-corrected chi connectivity index (χ2v) is 5.67. The van der Waals surface area contributed by atoms with Crippen LogP contribution in [0.4, 0.5) is 0 Å². The zero-order valence-corrected chi connectivity index (χ0v) is 13.9. The summed E-state index contributed by atoms with van der Waals surface area (Å²) < 4.78 is 15.9.